The molecule has 10 heteroatoms. The van der Waals surface area contributed by atoms with Gasteiger partial charge in [0.1, 0.15) is 5.82 Å². The third kappa shape index (κ3) is 7.00. The highest BCUT2D eigenvalue weighted by molar-refractivity contribution is 7.89. The minimum atomic E-state index is -3.62. The number of imidazole rings is 1. The smallest absolute Gasteiger partial charge is 0.262 e. The third-order valence-electron chi connectivity index (χ3n) is 6.88. The summed E-state index contributed by atoms with van der Waals surface area (Å²) in [4.78, 5) is 22.0. The standard InChI is InChI=1S/C23H41N5O4S/c1-4-5-6-7-10-27(14-13-26-15-17-32-18-16-26)23(29)21-8-11-28(12-9-21)33(30,31)22-19-25(3)20(2)24-22/h19,21H,4-18H2,1-3H3. The molecule has 1 amide bonds. The molecule has 3 rings (SSSR count). The molecule has 33 heavy (non-hydrogen) atoms. The van der Waals surface area contributed by atoms with Gasteiger partial charge in [-0.15, -0.1) is 0 Å². The van der Waals surface area contributed by atoms with Crippen LogP contribution in [0.4, 0.5) is 0 Å². The van der Waals surface area contributed by atoms with Crippen molar-refractivity contribution in [2.24, 2.45) is 13.0 Å². The van der Waals surface area contributed by atoms with Crippen molar-refractivity contribution in [3.63, 3.8) is 0 Å². The number of ether oxygens (including phenoxy) is 1. The van der Waals surface area contributed by atoms with Gasteiger partial charge in [-0.05, 0) is 26.2 Å². The van der Waals surface area contributed by atoms with E-state index in [1.807, 2.05) is 4.90 Å². The molecular weight excluding hydrogens is 442 g/mol. The molecule has 3 heterocycles. The van der Waals surface area contributed by atoms with Gasteiger partial charge < -0.3 is 14.2 Å². The van der Waals surface area contributed by atoms with Gasteiger partial charge in [-0.2, -0.15) is 4.31 Å². The number of sulfonamides is 1. The Morgan fingerprint density at radius 3 is 2.42 bits per heavy atom. The molecule has 0 unspecified atom stereocenters. The Balaban J connectivity index is 1.56. The second-order valence-corrected chi connectivity index (χ2v) is 11.1. The Bertz CT molecular complexity index is 839. The predicted molar refractivity (Wildman–Crippen MR) is 127 cm³/mol. The molecule has 0 atom stereocenters. The molecule has 2 aliphatic heterocycles. The van der Waals surface area contributed by atoms with Crippen LogP contribution in [0, 0.1) is 12.8 Å². The van der Waals surface area contributed by atoms with Crippen LogP contribution < -0.4 is 0 Å². The number of carbonyl (C=O) groups is 1. The van der Waals surface area contributed by atoms with Crippen LogP contribution in [-0.4, -0.2) is 97.0 Å². The fourth-order valence-corrected chi connectivity index (χ4v) is 6.03. The highest BCUT2D eigenvalue weighted by Gasteiger charge is 2.35. The number of amides is 1. The minimum absolute atomic E-state index is 0.0929. The monoisotopic (exact) mass is 483 g/mol. The van der Waals surface area contributed by atoms with Crippen LogP contribution in [0.3, 0.4) is 0 Å². The van der Waals surface area contributed by atoms with Crippen molar-refractivity contribution in [2.75, 3.05) is 59.0 Å². The van der Waals surface area contributed by atoms with Crippen LogP contribution in [-0.2, 0) is 26.6 Å². The van der Waals surface area contributed by atoms with E-state index in [1.54, 1.807) is 24.7 Å². The first-order valence-corrected chi connectivity index (χ1v) is 13.9. The van der Waals surface area contributed by atoms with E-state index in [4.69, 9.17) is 4.74 Å². The molecule has 2 aliphatic rings. The average molecular weight is 484 g/mol. The lowest BCUT2D eigenvalue weighted by atomic mass is 9.96. The van der Waals surface area contributed by atoms with Crippen molar-refractivity contribution < 1.29 is 17.9 Å². The molecule has 0 bridgehead atoms. The van der Waals surface area contributed by atoms with E-state index in [-0.39, 0.29) is 16.9 Å². The SMILES string of the molecule is CCCCCCN(CCN1CCOCC1)C(=O)C1CCN(S(=O)(=O)c2cn(C)c(C)n2)CC1. The van der Waals surface area contributed by atoms with Gasteiger partial charge >= 0.3 is 0 Å². The second kappa shape index (κ2) is 12.3. The largest absolute Gasteiger partial charge is 0.379 e. The van der Waals surface area contributed by atoms with Gasteiger partial charge in [0.15, 0.2) is 5.03 Å². The van der Waals surface area contributed by atoms with Gasteiger partial charge in [-0.3, -0.25) is 9.69 Å². The Kier molecular flexibility index (Phi) is 9.72. The van der Waals surface area contributed by atoms with Crippen molar-refractivity contribution in [1.82, 2.24) is 23.7 Å². The molecule has 0 saturated carbocycles. The number of piperidine rings is 1. The number of carbonyl (C=O) groups excluding carboxylic acids is 1. The predicted octanol–water partition coefficient (Wildman–Crippen LogP) is 1.87. The lowest BCUT2D eigenvalue weighted by Crippen LogP contribution is -2.47. The molecule has 0 radical (unpaired) electrons. The van der Waals surface area contributed by atoms with Crippen molar-refractivity contribution in [2.45, 2.75) is 57.4 Å². The summed E-state index contributed by atoms with van der Waals surface area (Å²) in [5.74, 6) is 0.737. The fraction of sp³-hybridized carbons (Fsp3) is 0.826. The number of rotatable bonds is 11. The van der Waals surface area contributed by atoms with E-state index in [9.17, 15) is 13.2 Å². The minimum Gasteiger partial charge on any atom is -0.379 e. The molecule has 1 aromatic heterocycles. The first kappa shape index (κ1) is 26.1. The number of unbranched alkanes of at least 4 members (excludes halogenated alkanes) is 3. The number of nitrogens with zero attached hydrogens (tertiary/aromatic N) is 5. The molecule has 0 N–H and O–H groups in total. The number of aryl methyl sites for hydroxylation is 2. The summed E-state index contributed by atoms with van der Waals surface area (Å²) >= 11 is 0. The zero-order valence-electron chi connectivity index (χ0n) is 20.5. The quantitative estimate of drug-likeness (QED) is 0.447. The zero-order chi connectivity index (χ0) is 23.8. The van der Waals surface area contributed by atoms with E-state index in [1.165, 1.54) is 17.1 Å². The highest BCUT2D eigenvalue weighted by atomic mass is 32.2. The normalized spacial score (nSPS) is 19.1. The van der Waals surface area contributed by atoms with Crippen molar-refractivity contribution >= 4 is 15.9 Å². The first-order valence-electron chi connectivity index (χ1n) is 12.4. The summed E-state index contributed by atoms with van der Waals surface area (Å²) in [7, 11) is -1.83. The van der Waals surface area contributed by atoms with Crippen molar-refractivity contribution in [1.29, 1.82) is 0 Å². The fourth-order valence-electron chi connectivity index (χ4n) is 4.53. The highest BCUT2D eigenvalue weighted by Crippen LogP contribution is 2.25. The lowest BCUT2D eigenvalue weighted by molar-refractivity contribution is -0.137. The molecule has 0 spiro atoms. The van der Waals surface area contributed by atoms with Gasteiger partial charge in [-0.1, -0.05) is 26.2 Å². The summed E-state index contributed by atoms with van der Waals surface area (Å²) in [6.45, 7) is 10.4. The summed E-state index contributed by atoms with van der Waals surface area (Å²) in [6, 6.07) is 0. The van der Waals surface area contributed by atoms with Crippen LogP contribution in [0.25, 0.3) is 0 Å². The van der Waals surface area contributed by atoms with Crippen LogP contribution in [0.2, 0.25) is 0 Å². The zero-order valence-corrected chi connectivity index (χ0v) is 21.4. The molecule has 2 fully saturated rings. The Morgan fingerprint density at radius 1 is 1.12 bits per heavy atom. The van der Waals surface area contributed by atoms with E-state index in [0.717, 1.165) is 58.8 Å². The summed E-state index contributed by atoms with van der Waals surface area (Å²) in [5, 5.41) is 0.0929. The number of hydrogen-bond donors (Lipinski definition) is 0. The lowest BCUT2D eigenvalue weighted by Gasteiger charge is -2.35. The molecule has 0 aromatic carbocycles. The number of hydrogen-bond acceptors (Lipinski definition) is 6. The summed E-state index contributed by atoms with van der Waals surface area (Å²) < 4.78 is 34.6. The van der Waals surface area contributed by atoms with Gasteiger partial charge in [0.25, 0.3) is 10.0 Å². The maximum absolute atomic E-state index is 13.4. The second-order valence-electron chi connectivity index (χ2n) is 9.26. The maximum Gasteiger partial charge on any atom is 0.262 e. The van der Waals surface area contributed by atoms with Crippen LogP contribution >= 0.6 is 0 Å². The molecule has 0 aliphatic carbocycles. The van der Waals surface area contributed by atoms with Gasteiger partial charge in [-0.25, -0.2) is 13.4 Å². The average Bonchev–Trinajstić information content (AvgIpc) is 3.18. The molecule has 188 valence electrons. The van der Waals surface area contributed by atoms with Crippen molar-refractivity contribution in [3.8, 4) is 0 Å². The Labute approximate surface area is 199 Å². The Morgan fingerprint density at radius 2 is 1.82 bits per heavy atom. The first-order chi connectivity index (χ1) is 15.8. The molecule has 2 saturated heterocycles. The summed E-state index contributed by atoms with van der Waals surface area (Å²) in [5.41, 5.74) is 0. The number of aromatic nitrogens is 2. The van der Waals surface area contributed by atoms with Crippen LogP contribution in [0.1, 0.15) is 51.3 Å². The Hall–Kier alpha value is -1.49. The van der Waals surface area contributed by atoms with Crippen LogP contribution in [0.5, 0.6) is 0 Å². The summed E-state index contributed by atoms with van der Waals surface area (Å²) in [6.07, 6.45) is 7.21. The molecule has 1 aromatic rings. The van der Waals surface area contributed by atoms with E-state index >= 15 is 0 Å². The van der Waals surface area contributed by atoms with Gasteiger partial charge in [0.05, 0.1) is 13.2 Å². The van der Waals surface area contributed by atoms with Crippen LogP contribution in [0.15, 0.2) is 11.2 Å². The maximum atomic E-state index is 13.4. The van der Waals surface area contributed by atoms with E-state index < -0.39 is 10.0 Å². The third-order valence-corrected chi connectivity index (χ3v) is 8.65. The van der Waals surface area contributed by atoms with Gasteiger partial charge in [0.2, 0.25) is 5.91 Å². The molecule has 9 nitrogen and oxygen atoms in total. The molecular formula is C23H41N5O4S. The van der Waals surface area contributed by atoms with E-state index in [2.05, 4.69) is 16.8 Å². The van der Waals surface area contributed by atoms with Crippen molar-refractivity contribution in [3.05, 3.63) is 12.0 Å². The number of morpholine rings is 1. The van der Waals surface area contributed by atoms with E-state index in [0.29, 0.717) is 31.8 Å². The topological polar surface area (TPSA) is 88.0 Å². The van der Waals surface area contributed by atoms with Gasteiger partial charge in [0, 0.05) is 65.0 Å².